The van der Waals surface area contributed by atoms with Crippen molar-refractivity contribution in [3.05, 3.63) is 23.3 Å². The zero-order valence-corrected chi connectivity index (χ0v) is 17.3. The largest absolute Gasteiger partial charge is 0.394 e. The summed E-state index contributed by atoms with van der Waals surface area (Å²) in [6.45, 7) is 2.64. The number of halogens is 4. The number of hydrogen-bond acceptors (Lipinski definition) is 7. The van der Waals surface area contributed by atoms with Crippen LogP contribution in [0, 0.1) is 23.3 Å². The summed E-state index contributed by atoms with van der Waals surface area (Å²) in [5, 5.41) is 0. The van der Waals surface area contributed by atoms with Gasteiger partial charge in [-0.2, -0.15) is 0 Å². The van der Waals surface area contributed by atoms with Crippen molar-refractivity contribution >= 4 is 29.9 Å². The molecule has 0 heterocycles. The molecule has 0 unspecified atom stereocenters. The van der Waals surface area contributed by atoms with E-state index in [0.29, 0.717) is 29.5 Å². The summed E-state index contributed by atoms with van der Waals surface area (Å²) >= 11 is 1.60. The fourth-order valence-corrected chi connectivity index (χ4v) is 3.21. The zero-order chi connectivity index (χ0) is 20.6. The number of nitrogens with one attached hydrogen (secondary N) is 1. The smallest absolute Gasteiger partial charge is 0.186 e. The number of likely N-dealkylation sites (N-methyl/N-ethyl adjacent to an activating group) is 1. The quantitative estimate of drug-likeness (QED) is 0.0605. The number of nitrogens with zero attached hydrogens (tertiary/aromatic N) is 2. The maximum Gasteiger partial charge on any atom is 0.186 e. The maximum atomic E-state index is 13.7. The minimum atomic E-state index is -1.59. The molecule has 1 aromatic rings. The SMILES string of the molecule is COOSN(C)CCC[N+](C)(C)CCNSc1c(F)c(F)c(N)c(F)c1F. The third kappa shape index (κ3) is 7.64. The van der Waals surface area contributed by atoms with E-state index in [1.54, 1.807) is 0 Å². The number of nitrogens with two attached hydrogens (primary N) is 1. The molecule has 0 spiro atoms. The summed E-state index contributed by atoms with van der Waals surface area (Å²) in [4.78, 5) is 3.72. The first-order valence-corrected chi connectivity index (χ1v) is 9.54. The number of anilines is 1. The van der Waals surface area contributed by atoms with Gasteiger partial charge in [-0.25, -0.2) is 26.8 Å². The van der Waals surface area contributed by atoms with Crippen LogP contribution in [0.1, 0.15) is 6.42 Å². The van der Waals surface area contributed by atoms with Crippen molar-refractivity contribution in [2.45, 2.75) is 11.3 Å². The van der Waals surface area contributed by atoms with Crippen LogP contribution in [0.15, 0.2) is 4.90 Å². The lowest BCUT2D eigenvalue weighted by Crippen LogP contribution is -2.45. The van der Waals surface area contributed by atoms with Crippen LogP contribution in [0.5, 0.6) is 0 Å². The zero-order valence-electron chi connectivity index (χ0n) is 15.7. The van der Waals surface area contributed by atoms with Crippen molar-refractivity contribution in [1.29, 1.82) is 0 Å². The predicted octanol–water partition coefficient (Wildman–Crippen LogP) is 2.96. The average molecular weight is 434 g/mol. The van der Waals surface area contributed by atoms with Gasteiger partial charge in [0, 0.05) is 13.0 Å². The summed E-state index contributed by atoms with van der Waals surface area (Å²) in [6.07, 6.45) is 0.883. The summed E-state index contributed by atoms with van der Waals surface area (Å²) in [5.74, 6) is -6.18. The highest BCUT2D eigenvalue weighted by atomic mass is 32.2. The van der Waals surface area contributed by atoms with Crippen molar-refractivity contribution in [2.75, 3.05) is 60.2 Å². The van der Waals surface area contributed by atoms with Crippen molar-refractivity contribution < 1.29 is 31.3 Å². The summed E-state index contributed by atoms with van der Waals surface area (Å²) in [7, 11) is 7.32. The molecule has 0 bridgehead atoms. The first-order chi connectivity index (χ1) is 12.6. The number of benzene rings is 1. The Labute approximate surface area is 165 Å². The Balaban J connectivity index is 2.43. The van der Waals surface area contributed by atoms with Gasteiger partial charge in [0.2, 0.25) is 0 Å². The fourth-order valence-electron chi connectivity index (χ4n) is 2.14. The lowest BCUT2D eigenvalue weighted by Gasteiger charge is -2.30. The minimum absolute atomic E-state index is 0.377. The first kappa shape index (κ1) is 24.3. The van der Waals surface area contributed by atoms with Crippen LogP contribution < -0.4 is 10.5 Å². The van der Waals surface area contributed by atoms with Crippen molar-refractivity contribution in [3.8, 4) is 0 Å². The molecule has 0 saturated heterocycles. The Kier molecular flexibility index (Phi) is 10.2. The topological polar surface area (TPSA) is 59.8 Å². The fraction of sp³-hybridized carbons (Fsp3) is 0.600. The van der Waals surface area contributed by atoms with E-state index in [1.807, 2.05) is 25.4 Å². The molecule has 0 fully saturated rings. The second-order valence-corrected chi connectivity index (χ2v) is 8.20. The van der Waals surface area contributed by atoms with E-state index < -0.39 is 33.9 Å². The molecule has 27 heavy (non-hydrogen) atoms. The molecule has 12 heteroatoms. The van der Waals surface area contributed by atoms with Crippen molar-refractivity contribution in [1.82, 2.24) is 9.03 Å². The van der Waals surface area contributed by atoms with Gasteiger partial charge in [-0.05, 0) is 19.0 Å². The molecule has 0 aliphatic heterocycles. The Bertz CT molecular complexity index is 597. The molecule has 6 nitrogen and oxygen atoms in total. The van der Waals surface area contributed by atoms with Crippen LogP contribution in [0.4, 0.5) is 23.2 Å². The summed E-state index contributed by atoms with van der Waals surface area (Å²) in [5.41, 5.74) is 3.82. The van der Waals surface area contributed by atoms with E-state index >= 15 is 0 Å². The molecule has 0 amide bonds. The molecule has 0 saturated carbocycles. The average Bonchev–Trinajstić information content (AvgIpc) is 2.62. The Hall–Kier alpha value is -0.760. The highest BCUT2D eigenvalue weighted by molar-refractivity contribution is 7.97. The molecule has 0 radical (unpaired) electrons. The lowest BCUT2D eigenvalue weighted by molar-refractivity contribution is -0.889. The van der Waals surface area contributed by atoms with Crippen LogP contribution in [0.2, 0.25) is 0 Å². The summed E-state index contributed by atoms with van der Waals surface area (Å²) in [6, 6.07) is 0. The molecule has 1 rings (SSSR count). The third-order valence-electron chi connectivity index (χ3n) is 3.71. The van der Waals surface area contributed by atoms with Crippen LogP contribution >= 0.6 is 24.2 Å². The highest BCUT2D eigenvalue weighted by Gasteiger charge is 2.24. The minimum Gasteiger partial charge on any atom is -0.394 e. The Morgan fingerprint density at radius 1 is 1.07 bits per heavy atom. The van der Waals surface area contributed by atoms with Crippen LogP contribution in [-0.2, 0) is 9.22 Å². The standard InChI is InChI=1S/C15H25F4N4O2S2/c1-22(27-25-24-4)7-5-8-23(2,3)9-6-21-26-15-12(18)10(16)14(20)11(17)13(15)19/h21H,5-9,20H2,1-4H3/q+1. The van der Waals surface area contributed by atoms with Crippen LogP contribution in [0.25, 0.3) is 0 Å². The van der Waals surface area contributed by atoms with E-state index in [1.165, 1.54) is 7.11 Å². The predicted molar refractivity (Wildman–Crippen MR) is 99.3 cm³/mol. The van der Waals surface area contributed by atoms with Crippen LogP contribution in [-0.4, -0.2) is 63.2 Å². The van der Waals surface area contributed by atoms with Gasteiger partial charge < -0.3 is 10.2 Å². The maximum absolute atomic E-state index is 13.7. The lowest BCUT2D eigenvalue weighted by atomic mass is 10.2. The molecule has 0 atom stereocenters. The van der Waals surface area contributed by atoms with Crippen molar-refractivity contribution in [3.63, 3.8) is 0 Å². The van der Waals surface area contributed by atoms with Gasteiger partial charge >= 0.3 is 0 Å². The Morgan fingerprint density at radius 2 is 1.67 bits per heavy atom. The number of quaternary nitrogens is 1. The van der Waals surface area contributed by atoms with Crippen LogP contribution in [0.3, 0.4) is 0 Å². The van der Waals surface area contributed by atoms with Crippen molar-refractivity contribution in [2.24, 2.45) is 0 Å². The highest BCUT2D eigenvalue weighted by Crippen LogP contribution is 2.31. The second kappa shape index (κ2) is 11.3. The van der Waals surface area contributed by atoms with Gasteiger partial charge in [0.15, 0.2) is 23.3 Å². The van der Waals surface area contributed by atoms with E-state index in [0.717, 1.165) is 31.7 Å². The third-order valence-corrected chi connectivity index (χ3v) is 5.26. The number of hydrogen-bond donors (Lipinski definition) is 2. The van der Waals surface area contributed by atoms with E-state index in [2.05, 4.69) is 9.61 Å². The molecular formula is C15H25F4N4O2S2+. The van der Waals surface area contributed by atoms with Gasteiger partial charge in [0.1, 0.15) is 22.8 Å². The number of rotatable bonds is 12. The summed E-state index contributed by atoms with van der Waals surface area (Å²) < 4.78 is 64.4. The number of nitrogen functional groups attached to an aromatic ring is 1. The second-order valence-electron chi connectivity index (χ2n) is 6.39. The molecule has 0 aliphatic rings. The molecule has 3 N–H and O–H groups in total. The van der Waals surface area contributed by atoms with Gasteiger partial charge in [0.25, 0.3) is 0 Å². The van der Waals surface area contributed by atoms with E-state index in [-0.39, 0.29) is 0 Å². The Morgan fingerprint density at radius 3 is 2.22 bits per heavy atom. The monoisotopic (exact) mass is 433 g/mol. The van der Waals surface area contributed by atoms with Gasteiger partial charge in [-0.15, -0.1) is 4.33 Å². The van der Waals surface area contributed by atoms with Gasteiger partial charge in [0.05, 0.1) is 40.8 Å². The normalized spacial score (nSPS) is 12.2. The molecule has 156 valence electrons. The van der Waals surface area contributed by atoms with Gasteiger partial charge in [-0.1, -0.05) is 0 Å². The molecule has 0 aliphatic carbocycles. The molecule has 0 aromatic heterocycles. The molecule has 1 aromatic carbocycles. The van der Waals surface area contributed by atoms with Gasteiger partial charge in [-0.3, -0.25) is 4.72 Å². The van der Waals surface area contributed by atoms with E-state index in [4.69, 9.17) is 10.1 Å². The molecular weight excluding hydrogens is 408 g/mol. The van der Waals surface area contributed by atoms with E-state index in [9.17, 15) is 17.6 Å². The first-order valence-electron chi connectivity index (χ1n) is 8.02.